The molecule has 0 amide bonds. The number of benzene rings is 2. The summed E-state index contributed by atoms with van der Waals surface area (Å²) in [5.74, 6) is 0.973. The van der Waals surface area contributed by atoms with E-state index in [-0.39, 0.29) is 11.2 Å². The fourth-order valence-electron chi connectivity index (χ4n) is 2.09. The fraction of sp³-hybridized carbons (Fsp3) is 0.375. The molecule has 19 heavy (non-hydrogen) atoms. The quantitative estimate of drug-likeness (QED) is 0.684. The standard InChI is InChI=1S/C16H20BrOS/c1-11(2)19(12(3)4)18-16-8-6-13-9-15(17)7-5-14(13)10-16/h5-12H,1-4H3/q+1. The van der Waals surface area contributed by atoms with E-state index in [1.807, 2.05) is 0 Å². The van der Waals surface area contributed by atoms with E-state index in [9.17, 15) is 0 Å². The minimum Gasteiger partial charge on any atom is -0.285 e. The lowest BCUT2D eigenvalue weighted by molar-refractivity contribution is 0.609. The first-order valence-electron chi connectivity index (χ1n) is 6.57. The molecule has 2 rings (SSSR count). The van der Waals surface area contributed by atoms with E-state index >= 15 is 0 Å². The monoisotopic (exact) mass is 339 g/mol. The largest absolute Gasteiger partial charge is 0.285 e. The molecule has 0 unspecified atom stereocenters. The number of fused-ring (bicyclic) bond motifs is 1. The molecule has 0 bridgehead atoms. The molecule has 0 atom stereocenters. The van der Waals surface area contributed by atoms with Gasteiger partial charge in [-0.3, -0.25) is 4.18 Å². The molecular formula is C16H20BrOS+. The second kappa shape index (κ2) is 6.19. The van der Waals surface area contributed by atoms with Gasteiger partial charge in [-0.05, 0) is 62.7 Å². The van der Waals surface area contributed by atoms with Gasteiger partial charge >= 0.3 is 0 Å². The topological polar surface area (TPSA) is 9.23 Å². The zero-order valence-corrected chi connectivity index (χ0v) is 14.2. The van der Waals surface area contributed by atoms with Gasteiger partial charge in [-0.1, -0.05) is 28.1 Å². The summed E-state index contributed by atoms with van der Waals surface area (Å²) in [6.07, 6.45) is 0. The summed E-state index contributed by atoms with van der Waals surface area (Å²) in [7, 11) is 0. The van der Waals surface area contributed by atoms with Crippen molar-refractivity contribution in [3.05, 3.63) is 40.9 Å². The highest BCUT2D eigenvalue weighted by Gasteiger charge is 2.31. The van der Waals surface area contributed by atoms with Crippen LogP contribution in [-0.2, 0) is 11.2 Å². The third-order valence-electron chi connectivity index (χ3n) is 2.90. The summed E-state index contributed by atoms with van der Waals surface area (Å²) < 4.78 is 7.30. The van der Waals surface area contributed by atoms with E-state index in [2.05, 4.69) is 80.0 Å². The van der Waals surface area contributed by atoms with Crippen molar-refractivity contribution in [3.63, 3.8) is 0 Å². The minimum atomic E-state index is -0.0355. The summed E-state index contributed by atoms with van der Waals surface area (Å²) in [5.41, 5.74) is 0. The normalized spacial score (nSPS) is 11.8. The van der Waals surface area contributed by atoms with Crippen LogP contribution in [0.2, 0.25) is 0 Å². The molecule has 0 radical (unpaired) electrons. The predicted molar refractivity (Wildman–Crippen MR) is 89.9 cm³/mol. The molecular weight excluding hydrogens is 320 g/mol. The Morgan fingerprint density at radius 2 is 1.47 bits per heavy atom. The summed E-state index contributed by atoms with van der Waals surface area (Å²) in [4.78, 5) is 0. The van der Waals surface area contributed by atoms with Crippen LogP contribution >= 0.6 is 15.9 Å². The molecule has 2 aromatic rings. The van der Waals surface area contributed by atoms with Gasteiger partial charge in [0.25, 0.3) is 0 Å². The molecule has 0 aliphatic rings. The van der Waals surface area contributed by atoms with Crippen molar-refractivity contribution in [2.24, 2.45) is 0 Å². The van der Waals surface area contributed by atoms with Crippen LogP contribution in [0.15, 0.2) is 40.9 Å². The lowest BCUT2D eigenvalue weighted by Gasteiger charge is -2.14. The number of hydrogen-bond acceptors (Lipinski definition) is 1. The van der Waals surface area contributed by atoms with Crippen molar-refractivity contribution in [3.8, 4) is 5.75 Å². The van der Waals surface area contributed by atoms with E-state index in [0.29, 0.717) is 10.5 Å². The molecule has 0 aliphatic heterocycles. The summed E-state index contributed by atoms with van der Waals surface area (Å²) in [5, 5.41) is 3.54. The second-order valence-corrected chi connectivity index (χ2v) is 8.79. The van der Waals surface area contributed by atoms with Gasteiger partial charge in [-0.2, -0.15) is 0 Å². The van der Waals surface area contributed by atoms with Crippen LogP contribution in [0.25, 0.3) is 10.8 Å². The smallest absolute Gasteiger partial charge is 0.202 e. The van der Waals surface area contributed by atoms with Crippen molar-refractivity contribution in [2.75, 3.05) is 0 Å². The third-order valence-corrected chi connectivity index (χ3v) is 5.63. The Labute approximate surface area is 127 Å². The average Bonchev–Trinajstić information content (AvgIpc) is 2.35. The van der Waals surface area contributed by atoms with Crippen LogP contribution in [0.3, 0.4) is 0 Å². The second-order valence-electron chi connectivity index (χ2n) is 5.16. The maximum atomic E-state index is 6.19. The summed E-state index contributed by atoms with van der Waals surface area (Å²) in [6, 6.07) is 12.6. The van der Waals surface area contributed by atoms with Crippen LogP contribution in [0, 0.1) is 0 Å². The van der Waals surface area contributed by atoms with Crippen LogP contribution < -0.4 is 4.18 Å². The van der Waals surface area contributed by atoms with E-state index < -0.39 is 0 Å². The Bertz CT molecular complexity index is 558. The van der Waals surface area contributed by atoms with Gasteiger partial charge < -0.3 is 0 Å². The average molecular weight is 340 g/mol. The van der Waals surface area contributed by atoms with Gasteiger partial charge in [0.1, 0.15) is 0 Å². The maximum absolute atomic E-state index is 6.19. The molecule has 102 valence electrons. The van der Waals surface area contributed by atoms with E-state index in [1.165, 1.54) is 10.8 Å². The lowest BCUT2D eigenvalue weighted by atomic mass is 10.1. The van der Waals surface area contributed by atoms with Gasteiger partial charge in [0, 0.05) is 4.47 Å². The van der Waals surface area contributed by atoms with Crippen molar-refractivity contribution in [2.45, 2.75) is 38.2 Å². The molecule has 0 aliphatic carbocycles. The first-order chi connectivity index (χ1) is 8.97. The molecule has 0 saturated carbocycles. The number of rotatable bonds is 4. The van der Waals surface area contributed by atoms with Crippen molar-refractivity contribution in [1.29, 1.82) is 0 Å². The molecule has 1 nitrogen and oxygen atoms in total. The highest BCUT2D eigenvalue weighted by atomic mass is 79.9. The molecule has 0 saturated heterocycles. The van der Waals surface area contributed by atoms with E-state index in [1.54, 1.807) is 0 Å². The Morgan fingerprint density at radius 1 is 0.895 bits per heavy atom. The molecule has 0 heterocycles. The van der Waals surface area contributed by atoms with Crippen molar-refractivity contribution in [1.82, 2.24) is 0 Å². The Balaban J connectivity index is 2.28. The molecule has 0 fully saturated rings. The highest BCUT2D eigenvalue weighted by molar-refractivity contribution is 9.10. The Kier molecular flexibility index (Phi) is 4.80. The summed E-state index contributed by atoms with van der Waals surface area (Å²) >= 11 is 3.46. The van der Waals surface area contributed by atoms with Crippen molar-refractivity contribution < 1.29 is 4.18 Å². The number of halogens is 1. The first kappa shape index (κ1) is 14.7. The summed E-state index contributed by atoms with van der Waals surface area (Å²) in [6.45, 7) is 8.89. The third kappa shape index (κ3) is 3.67. The zero-order valence-electron chi connectivity index (χ0n) is 11.8. The predicted octanol–water partition coefficient (Wildman–Crippen LogP) is 5.33. The molecule has 0 aromatic heterocycles. The van der Waals surface area contributed by atoms with Gasteiger partial charge in [0.05, 0.1) is 0 Å². The van der Waals surface area contributed by atoms with Gasteiger partial charge in [0.2, 0.25) is 11.2 Å². The van der Waals surface area contributed by atoms with Gasteiger partial charge in [-0.25, -0.2) is 0 Å². The molecule has 0 N–H and O–H groups in total. The van der Waals surface area contributed by atoms with Crippen LogP contribution in [0.1, 0.15) is 27.7 Å². The SMILES string of the molecule is CC(C)[S+](Oc1ccc2cc(Br)ccc2c1)C(C)C. The molecule has 2 aromatic carbocycles. The highest BCUT2D eigenvalue weighted by Crippen LogP contribution is 2.26. The van der Waals surface area contributed by atoms with E-state index in [0.717, 1.165) is 10.2 Å². The first-order valence-corrected chi connectivity index (χ1v) is 8.64. The van der Waals surface area contributed by atoms with Gasteiger partial charge in [0.15, 0.2) is 16.2 Å². The zero-order chi connectivity index (χ0) is 14.0. The fourth-order valence-corrected chi connectivity index (χ4v) is 4.27. The molecule has 0 spiro atoms. The van der Waals surface area contributed by atoms with E-state index in [4.69, 9.17) is 4.18 Å². The maximum Gasteiger partial charge on any atom is 0.202 e. The number of hydrogen-bond donors (Lipinski definition) is 0. The van der Waals surface area contributed by atoms with Crippen LogP contribution in [-0.4, -0.2) is 10.5 Å². The van der Waals surface area contributed by atoms with Crippen molar-refractivity contribution >= 4 is 37.9 Å². The molecule has 3 heteroatoms. The lowest BCUT2D eigenvalue weighted by Crippen LogP contribution is -2.29. The Hall–Kier alpha value is -0.670. The van der Waals surface area contributed by atoms with Gasteiger partial charge in [-0.15, -0.1) is 0 Å². The minimum absolute atomic E-state index is 0.0355. The Morgan fingerprint density at radius 3 is 2.11 bits per heavy atom. The van der Waals surface area contributed by atoms with Crippen LogP contribution in [0.4, 0.5) is 0 Å². The van der Waals surface area contributed by atoms with Crippen LogP contribution in [0.5, 0.6) is 5.75 Å².